The van der Waals surface area contributed by atoms with Crippen molar-refractivity contribution in [1.82, 2.24) is 4.98 Å². The van der Waals surface area contributed by atoms with E-state index in [4.69, 9.17) is 11.6 Å². The van der Waals surface area contributed by atoms with E-state index in [0.717, 1.165) is 28.7 Å². The van der Waals surface area contributed by atoms with Gasteiger partial charge in [0.1, 0.15) is 11.0 Å². The van der Waals surface area contributed by atoms with E-state index in [1.165, 1.54) is 6.07 Å². The van der Waals surface area contributed by atoms with Crippen LogP contribution in [0, 0.1) is 12.7 Å². The smallest absolute Gasteiger partial charge is 0.130 e. The molecule has 0 fully saturated rings. The number of halogens is 2. The topological polar surface area (TPSA) is 12.9 Å². The third-order valence-corrected chi connectivity index (χ3v) is 3.47. The SMILES string of the molecule is Cc1cnc(Cl)cc1C1=Cc2c(F)cccc2C1. The van der Waals surface area contributed by atoms with Gasteiger partial charge in [-0.05, 0) is 53.8 Å². The number of rotatable bonds is 1. The highest BCUT2D eigenvalue weighted by atomic mass is 35.5. The number of fused-ring (bicyclic) bond motifs is 1. The van der Waals surface area contributed by atoms with E-state index in [-0.39, 0.29) is 5.82 Å². The lowest BCUT2D eigenvalue weighted by atomic mass is 10.0. The van der Waals surface area contributed by atoms with Gasteiger partial charge in [-0.3, -0.25) is 0 Å². The summed E-state index contributed by atoms with van der Waals surface area (Å²) in [7, 11) is 0. The first-order valence-corrected chi connectivity index (χ1v) is 6.13. The van der Waals surface area contributed by atoms with Crippen LogP contribution in [0.3, 0.4) is 0 Å². The van der Waals surface area contributed by atoms with Crippen LogP contribution in [0.4, 0.5) is 4.39 Å². The summed E-state index contributed by atoms with van der Waals surface area (Å²) in [6.45, 7) is 1.98. The number of benzene rings is 1. The molecule has 0 saturated heterocycles. The van der Waals surface area contributed by atoms with Crippen molar-refractivity contribution in [3.05, 3.63) is 63.7 Å². The van der Waals surface area contributed by atoms with Gasteiger partial charge in [0, 0.05) is 11.8 Å². The van der Waals surface area contributed by atoms with Gasteiger partial charge < -0.3 is 0 Å². The Kier molecular flexibility index (Phi) is 2.67. The quantitative estimate of drug-likeness (QED) is 0.697. The fourth-order valence-corrected chi connectivity index (χ4v) is 2.50. The van der Waals surface area contributed by atoms with Gasteiger partial charge in [0.25, 0.3) is 0 Å². The minimum absolute atomic E-state index is 0.166. The highest BCUT2D eigenvalue weighted by Gasteiger charge is 2.18. The Labute approximate surface area is 110 Å². The molecule has 0 aliphatic heterocycles. The lowest BCUT2D eigenvalue weighted by Crippen LogP contribution is -1.91. The second-order valence-electron chi connectivity index (χ2n) is 4.48. The Balaban J connectivity index is 2.10. The molecule has 0 atom stereocenters. The fourth-order valence-electron chi connectivity index (χ4n) is 2.35. The summed E-state index contributed by atoms with van der Waals surface area (Å²) in [6, 6.07) is 7.04. The van der Waals surface area contributed by atoms with Crippen LogP contribution in [0.25, 0.3) is 11.6 Å². The first-order chi connectivity index (χ1) is 8.65. The molecule has 0 bridgehead atoms. The lowest BCUT2D eigenvalue weighted by molar-refractivity contribution is 0.624. The van der Waals surface area contributed by atoms with E-state index in [9.17, 15) is 4.39 Å². The van der Waals surface area contributed by atoms with Gasteiger partial charge in [0.15, 0.2) is 0 Å². The third kappa shape index (κ3) is 1.83. The van der Waals surface area contributed by atoms with Crippen LogP contribution in [-0.4, -0.2) is 4.98 Å². The molecule has 1 aromatic heterocycles. The summed E-state index contributed by atoms with van der Waals surface area (Å²) in [5.41, 5.74) is 4.92. The van der Waals surface area contributed by atoms with E-state index < -0.39 is 0 Å². The molecule has 0 radical (unpaired) electrons. The molecule has 90 valence electrons. The average Bonchev–Trinajstić information content (AvgIpc) is 2.77. The summed E-state index contributed by atoms with van der Waals surface area (Å²) in [5.74, 6) is -0.166. The second kappa shape index (κ2) is 4.21. The van der Waals surface area contributed by atoms with Crippen molar-refractivity contribution in [2.45, 2.75) is 13.3 Å². The van der Waals surface area contributed by atoms with Gasteiger partial charge in [-0.25, -0.2) is 9.37 Å². The van der Waals surface area contributed by atoms with Crippen LogP contribution < -0.4 is 0 Å². The minimum atomic E-state index is -0.166. The van der Waals surface area contributed by atoms with Crippen molar-refractivity contribution in [3.8, 4) is 0 Å². The molecule has 1 aliphatic rings. The first-order valence-electron chi connectivity index (χ1n) is 5.75. The number of aromatic nitrogens is 1. The summed E-state index contributed by atoms with van der Waals surface area (Å²) in [5, 5.41) is 0.466. The molecule has 3 rings (SSSR count). The van der Waals surface area contributed by atoms with Crippen molar-refractivity contribution in [3.63, 3.8) is 0 Å². The largest absolute Gasteiger partial charge is 0.244 e. The van der Waals surface area contributed by atoms with Crippen LogP contribution >= 0.6 is 11.6 Å². The second-order valence-corrected chi connectivity index (χ2v) is 4.87. The van der Waals surface area contributed by atoms with Crippen molar-refractivity contribution >= 4 is 23.3 Å². The number of nitrogens with zero attached hydrogens (tertiary/aromatic N) is 1. The Bertz CT molecular complexity index is 662. The van der Waals surface area contributed by atoms with Crippen molar-refractivity contribution in [1.29, 1.82) is 0 Å². The molecule has 0 spiro atoms. The summed E-state index contributed by atoms with van der Waals surface area (Å²) >= 11 is 5.93. The van der Waals surface area contributed by atoms with Gasteiger partial charge in [-0.1, -0.05) is 23.7 Å². The molecule has 1 heterocycles. The molecule has 0 unspecified atom stereocenters. The Morgan fingerprint density at radius 2 is 2.17 bits per heavy atom. The van der Waals surface area contributed by atoms with E-state index >= 15 is 0 Å². The van der Waals surface area contributed by atoms with Gasteiger partial charge in [-0.15, -0.1) is 0 Å². The van der Waals surface area contributed by atoms with Crippen LogP contribution in [0.15, 0.2) is 30.5 Å². The molecule has 1 nitrogen and oxygen atoms in total. The van der Waals surface area contributed by atoms with Crippen LogP contribution in [0.2, 0.25) is 5.15 Å². The number of hydrogen-bond donors (Lipinski definition) is 0. The molecule has 2 aromatic rings. The van der Waals surface area contributed by atoms with Crippen LogP contribution in [0.1, 0.15) is 22.3 Å². The maximum absolute atomic E-state index is 13.7. The molecular formula is C15H11ClFN. The minimum Gasteiger partial charge on any atom is -0.244 e. The first kappa shape index (κ1) is 11.4. The molecular weight excluding hydrogens is 249 g/mol. The van der Waals surface area contributed by atoms with Crippen LogP contribution in [-0.2, 0) is 6.42 Å². The number of aryl methyl sites for hydroxylation is 1. The Morgan fingerprint density at radius 1 is 1.33 bits per heavy atom. The Hall–Kier alpha value is -1.67. The van der Waals surface area contributed by atoms with Crippen molar-refractivity contribution < 1.29 is 4.39 Å². The summed E-state index contributed by atoms with van der Waals surface area (Å²) in [4.78, 5) is 4.04. The van der Waals surface area contributed by atoms with Crippen molar-refractivity contribution in [2.75, 3.05) is 0 Å². The van der Waals surface area contributed by atoms with E-state index in [2.05, 4.69) is 4.98 Å². The van der Waals surface area contributed by atoms with E-state index in [0.29, 0.717) is 10.7 Å². The lowest BCUT2D eigenvalue weighted by Gasteiger charge is -2.06. The van der Waals surface area contributed by atoms with E-state index in [1.54, 1.807) is 12.3 Å². The average molecular weight is 260 g/mol. The third-order valence-electron chi connectivity index (χ3n) is 3.26. The van der Waals surface area contributed by atoms with Gasteiger partial charge in [0.05, 0.1) is 0 Å². The zero-order valence-corrected chi connectivity index (χ0v) is 10.6. The molecule has 1 aliphatic carbocycles. The fraction of sp³-hybridized carbons (Fsp3) is 0.133. The monoisotopic (exact) mass is 259 g/mol. The molecule has 3 heteroatoms. The predicted octanol–water partition coefficient (Wildman–Crippen LogP) is 4.28. The zero-order chi connectivity index (χ0) is 12.7. The Morgan fingerprint density at radius 3 is 2.94 bits per heavy atom. The van der Waals surface area contributed by atoms with Crippen LogP contribution in [0.5, 0.6) is 0 Å². The van der Waals surface area contributed by atoms with Crippen molar-refractivity contribution in [2.24, 2.45) is 0 Å². The van der Waals surface area contributed by atoms with Gasteiger partial charge in [-0.2, -0.15) is 0 Å². The summed E-state index contributed by atoms with van der Waals surface area (Å²) < 4.78 is 13.7. The number of pyridine rings is 1. The van der Waals surface area contributed by atoms with Gasteiger partial charge >= 0.3 is 0 Å². The zero-order valence-electron chi connectivity index (χ0n) is 9.87. The number of allylic oxidation sites excluding steroid dienone is 1. The predicted molar refractivity (Wildman–Crippen MR) is 72.0 cm³/mol. The highest BCUT2D eigenvalue weighted by molar-refractivity contribution is 6.29. The normalized spacial score (nSPS) is 13.4. The molecule has 0 amide bonds. The molecule has 0 N–H and O–H groups in total. The van der Waals surface area contributed by atoms with E-state index in [1.807, 2.05) is 25.1 Å². The highest BCUT2D eigenvalue weighted by Crippen LogP contribution is 2.34. The molecule has 0 saturated carbocycles. The maximum Gasteiger partial charge on any atom is 0.130 e. The van der Waals surface area contributed by atoms with Gasteiger partial charge in [0.2, 0.25) is 0 Å². The maximum atomic E-state index is 13.7. The summed E-state index contributed by atoms with van der Waals surface area (Å²) in [6.07, 6.45) is 4.40. The molecule has 1 aromatic carbocycles. The standard InChI is InChI=1S/C15H11ClFN/c1-9-8-18-15(16)7-12(9)11-5-10-3-2-4-14(17)13(10)6-11/h2-4,6-8H,5H2,1H3. The number of hydrogen-bond acceptors (Lipinski definition) is 1. The molecule has 18 heavy (non-hydrogen) atoms.